The number of aliphatic hydroxyl groups is 1. The van der Waals surface area contributed by atoms with Crippen LogP contribution in [0.5, 0.6) is 0 Å². The lowest BCUT2D eigenvalue weighted by atomic mass is 10.0. The average molecular weight is 255 g/mol. The van der Waals surface area contributed by atoms with Crippen LogP contribution in [0, 0.1) is 18.8 Å². The first-order valence-electron chi connectivity index (χ1n) is 5.71. The highest BCUT2D eigenvalue weighted by molar-refractivity contribution is 6.05. The van der Waals surface area contributed by atoms with Crippen molar-refractivity contribution >= 4 is 11.6 Å². The van der Waals surface area contributed by atoms with Crippen molar-refractivity contribution in [2.45, 2.75) is 6.92 Å². The molecule has 0 aliphatic rings. The van der Waals surface area contributed by atoms with Gasteiger partial charge in [-0.1, -0.05) is 17.9 Å². The Kier molecular flexibility index (Phi) is 3.96. The minimum atomic E-state index is -0.216. The molecule has 3 N–H and O–H groups in total. The number of rotatable bonds is 2. The number of aliphatic hydroxyl groups excluding tert-OH is 1. The molecule has 0 spiro atoms. The van der Waals surface area contributed by atoms with Gasteiger partial charge >= 0.3 is 0 Å². The van der Waals surface area contributed by atoms with Crippen LogP contribution in [-0.2, 0) is 0 Å². The normalized spacial score (nSPS) is 9.58. The van der Waals surface area contributed by atoms with E-state index >= 15 is 0 Å². The Balaban J connectivity index is 2.25. The maximum absolute atomic E-state index is 12.1. The summed E-state index contributed by atoms with van der Waals surface area (Å²) < 4.78 is 0. The molecule has 0 atom stereocenters. The molecule has 0 saturated carbocycles. The maximum atomic E-state index is 12.1. The Labute approximate surface area is 110 Å². The second kappa shape index (κ2) is 5.85. The molecule has 19 heavy (non-hydrogen) atoms. The zero-order valence-electron chi connectivity index (χ0n) is 10.4. The van der Waals surface area contributed by atoms with Crippen LogP contribution < -0.4 is 5.32 Å². The lowest BCUT2D eigenvalue weighted by molar-refractivity contribution is 0.102. The highest BCUT2D eigenvalue weighted by Crippen LogP contribution is 2.13. The van der Waals surface area contributed by atoms with E-state index in [1.807, 2.05) is 19.1 Å². The van der Waals surface area contributed by atoms with E-state index in [0.29, 0.717) is 16.8 Å². The number of aryl methyl sites for hydroxylation is 1. The molecule has 0 bridgehead atoms. The van der Waals surface area contributed by atoms with Crippen molar-refractivity contribution in [2.75, 3.05) is 11.9 Å². The number of aromatic nitrogens is 2. The number of hydrogen-bond acceptors (Lipinski definition) is 3. The molecule has 0 saturated heterocycles. The van der Waals surface area contributed by atoms with Gasteiger partial charge in [-0.15, -0.1) is 0 Å². The number of benzene rings is 1. The number of carbonyl (C=O) groups excluding carboxylic acids is 1. The number of aromatic amines is 1. The van der Waals surface area contributed by atoms with Gasteiger partial charge in [-0.25, -0.2) is 0 Å². The molecule has 96 valence electrons. The first-order chi connectivity index (χ1) is 9.20. The molecule has 0 aliphatic carbocycles. The Morgan fingerprint density at radius 2 is 2.37 bits per heavy atom. The van der Waals surface area contributed by atoms with Crippen molar-refractivity contribution in [1.82, 2.24) is 10.2 Å². The second-order valence-corrected chi connectivity index (χ2v) is 3.93. The molecule has 1 aromatic carbocycles. The molecule has 0 unspecified atom stereocenters. The number of nitrogens with one attached hydrogen (secondary N) is 2. The standard InChI is InChI=1S/C14H13N3O2/c1-10-4-5-11(3-2-6-18)7-13(10)14(19)17-12-8-15-16-9-12/h4-5,7-9,18H,6H2,1H3,(H,15,16)(H,17,19). The van der Waals surface area contributed by atoms with Crippen LogP contribution in [0.2, 0.25) is 0 Å². The molecule has 1 amide bonds. The minimum absolute atomic E-state index is 0.204. The van der Waals surface area contributed by atoms with Crippen LogP contribution in [0.15, 0.2) is 30.6 Å². The summed E-state index contributed by atoms with van der Waals surface area (Å²) in [6.07, 6.45) is 3.13. The Bertz CT molecular complexity index is 636. The van der Waals surface area contributed by atoms with E-state index < -0.39 is 0 Å². The Hall–Kier alpha value is -2.58. The molecule has 5 nitrogen and oxygen atoms in total. The summed E-state index contributed by atoms with van der Waals surface area (Å²) in [4.78, 5) is 12.1. The lowest BCUT2D eigenvalue weighted by Gasteiger charge is -2.06. The minimum Gasteiger partial charge on any atom is -0.384 e. The summed E-state index contributed by atoms with van der Waals surface area (Å²) in [7, 11) is 0. The van der Waals surface area contributed by atoms with E-state index in [-0.39, 0.29) is 12.5 Å². The van der Waals surface area contributed by atoms with Gasteiger partial charge in [-0.2, -0.15) is 5.10 Å². The summed E-state index contributed by atoms with van der Waals surface area (Å²) in [6, 6.07) is 5.34. The molecule has 0 fully saturated rings. The van der Waals surface area contributed by atoms with Gasteiger partial charge in [0.25, 0.3) is 5.91 Å². The molecule has 0 radical (unpaired) electrons. The van der Waals surface area contributed by atoms with Crippen molar-refractivity contribution in [1.29, 1.82) is 0 Å². The smallest absolute Gasteiger partial charge is 0.256 e. The van der Waals surface area contributed by atoms with E-state index in [1.165, 1.54) is 6.20 Å². The summed E-state index contributed by atoms with van der Waals surface area (Å²) in [6.45, 7) is 1.65. The number of hydrogen-bond donors (Lipinski definition) is 3. The quantitative estimate of drug-likeness (QED) is 0.708. The van der Waals surface area contributed by atoms with Gasteiger partial charge in [0.1, 0.15) is 6.61 Å². The molecule has 2 aromatic rings. The van der Waals surface area contributed by atoms with Crippen molar-refractivity contribution in [3.05, 3.63) is 47.3 Å². The van der Waals surface area contributed by atoms with Gasteiger partial charge in [0.05, 0.1) is 11.9 Å². The van der Waals surface area contributed by atoms with Crippen LogP contribution in [0.3, 0.4) is 0 Å². The first kappa shape index (κ1) is 12.9. The van der Waals surface area contributed by atoms with E-state index in [2.05, 4.69) is 27.4 Å². The predicted octanol–water partition coefficient (Wildman–Crippen LogP) is 1.31. The Morgan fingerprint density at radius 1 is 1.53 bits per heavy atom. The number of carbonyl (C=O) groups is 1. The van der Waals surface area contributed by atoms with Gasteiger partial charge in [0.2, 0.25) is 0 Å². The van der Waals surface area contributed by atoms with Gasteiger partial charge in [-0.3, -0.25) is 9.89 Å². The summed E-state index contributed by atoms with van der Waals surface area (Å²) in [5.41, 5.74) is 2.70. The van der Waals surface area contributed by atoms with Crippen LogP contribution in [-0.4, -0.2) is 27.8 Å². The van der Waals surface area contributed by atoms with E-state index in [9.17, 15) is 4.79 Å². The third-order valence-corrected chi connectivity index (χ3v) is 2.55. The number of nitrogens with zero attached hydrogens (tertiary/aromatic N) is 1. The zero-order chi connectivity index (χ0) is 13.7. The average Bonchev–Trinajstić information content (AvgIpc) is 2.90. The Morgan fingerprint density at radius 3 is 3.05 bits per heavy atom. The SMILES string of the molecule is Cc1ccc(C#CCO)cc1C(=O)Nc1cn[nH]c1. The van der Waals surface area contributed by atoms with Crippen LogP contribution >= 0.6 is 0 Å². The van der Waals surface area contributed by atoms with Crippen LogP contribution in [0.1, 0.15) is 21.5 Å². The fourth-order valence-corrected chi connectivity index (χ4v) is 1.60. The van der Waals surface area contributed by atoms with Crippen molar-refractivity contribution in [2.24, 2.45) is 0 Å². The highest BCUT2D eigenvalue weighted by atomic mass is 16.2. The molecular formula is C14H13N3O2. The monoisotopic (exact) mass is 255 g/mol. The fraction of sp³-hybridized carbons (Fsp3) is 0.143. The van der Waals surface area contributed by atoms with Gasteiger partial charge in [-0.05, 0) is 24.6 Å². The zero-order valence-corrected chi connectivity index (χ0v) is 10.4. The van der Waals surface area contributed by atoms with Crippen molar-refractivity contribution in [3.63, 3.8) is 0 Å². The molecule has 0 aliphatic heterocycles. The largest absolute Gasteiger partial charge is 0.384 e. The van der Waals surface area contributed by atoms with Crippen LogP contribution in [0.25, 0.3) is 0 Å². The van der Waals surface area contributed by atoms with Gasteiger partial charge in [0, 0.05) is 17.3 Å². The molecule has 2 rings (SSSR count). The first-order valence-corrected chi connectivity index (χ1v) is 5.71. The number of H-pyrrole nitrogens is 1. The molecular weight excluding hydrogens is 242 g/mol. The van der Waals surface area contributed by atoms with Crippen molar-refractivity contribution in [3.8, 4) is 11.8 Å². The van der Waals surface area contributed by atoms with Crippen molar-refractivity contribution < 1.29 is 9.90 Å². The topological polar surface area (TPSA) is 78.0 Å². The third-order valence-electron chi connectivity index (χ3n) is 2.55. The maximum Gasteiger partial charge on any atom is 0.256 e. The van der Waals surface area contributed by atoms with E-state index in [0.717, 1.165) is 5.56 Å². The van der Waals surface area contributed by atoms with E-state index in [4.69, 9.17) is 5.11 Å². The fourth-order valence-electron chi connectivity index (χ4n) is 1.60. The summed E-state index contributed by atoms with van der Waals surface area (Å²) in [5, 5.41) is 17.8. The molecule has 1 aromatic heterocycles. The van der Waals surface area contributed by atoms with Crippen LogP contribution in [0.4, 0.5) is 5.69 Å². The summed E-state index contributed by atoms with van der Waals surface area (Å²) >= 11 is 0. The number of anilines is 1. The third kappa shape index (κ3) is 3.21. The molecule has 5 heteroatoms. The predicted molar refractivity (Wildman–Crippen MR) is 71.7 cm³/mol. The highest BCUT2D eigenvalue weighted by Gasteiger charge is 2.10. The number of amides is 1. The summed E-state index contributed by atoms with van der Waals surface area (Å²) in [5.74, 6) is 5.12. The lowest BCUT2D eigenvalue weighted by Crippen LogP contribution is -2.13. The van der Waals surface area contributed by atoms with Gasteiger partial charge in [0.15, 0.2) is 0 Å². The molecule has 1 heterocycles. The van der Waals surface area contributed by atoms with E-state index in [1.54, 1.807) is 12.3 Å². The van der Waals surface area contributed by atoms with Gasteiger partial charge < -0.3 is 10.4 Å². The second-order valence-electron chi connectivity index (χ2n) is 3.93.